The fraction of sp³-hybridized carbons (Fsp3) is 0.500. The van der Waals surface area contributed by atoms with E-state index in [9.17, 15) is 4.79 Å². The summed E-state index contributed by atoms with van der Waals surface area (Å²) in [4.78, 5) is 14.6. The van der Waals surface area contributed by atoms with Crippen LogP contribution in [0.4, 0.5) is 0 Å². The van der Waals surface area contributed by atoms with Gasteiger partial charge in [-0.15, -0.1) is 5.10 Å². The maximum absolute atomic E-state index is 12.1. The Bertz CT molecular complexity index is 698. The van der Waals surface area contributed by atoms with Crippen molar-refractivity contribution < 1.29 is 9.53 Å². The topological polar surface area (TPSA) is 71.1 Å². The van der Waals surface area contributed by atoms with Crippen LogP contribution in [0.1, 0.15) is 49.2 Å². The molecule has 1 atom stereocenters. The van der Waals surface area contributed by atoms with Crippen molar-refractivity contribution in [1.29, 1.82) is 0 Å². The van der Waals surface area contributed by atoms with Crippen LogP contribution in [0.2, 0.25) is 0 Å². The molecule has 0 amide bonds. The third-order valence-corrected chi connectivity index (χ3v) is 4.60. The molecule has 1 N–H and O–H groups in total. The second kappa shape index (κ2) is 7.57. The molecule has 1 saturated heterocycles. The summed E-state index contributed by atoms with van der Waals surface area (Å²) in [5, 5.41) is 10.8. The summed E-state index contributed by atoms with van der Waals surface area (Å²) in [6.45, 7) is 6.34. The Hall–Kier alpha value is -2.21. The molecule has 0 spiro atoms. The molecule has 6 nitrogen and oxygen atoms in total. The van der Waals surface area contributed by atoms with Crippen molar-refractivity contribution in [1.82, 2.24) is 20.3 Å². The first-order chi connectivity index (χ1) is 11.7. The fourth-order valence-corrected chi connectivity index (χ4v) is 3.26. The lowest BCUT2D eigenvalue weighted by Crippen LogP contribution is -2.36. The summed E-state index contributed by atoms with van der Waals surface area (Å²) in [6.07, 6.45) is 3.78. The molecule has 128 valence electrons. The van der Waals surface area contributed by atoms with Crippen LogP contribution >= 0.6 is 0 Å². The summed E-state index contributed by atoms with van der Waals surface area (Å²) in [6, 6.07) is 8.65. The average Bonchev–Trinajstić information content (AvgIpc) is 3.07. The zero-order valence-corrected chi connectivity index (χ0v) is 14.3. The molecule has 6 heteroatoms. The number of rotatable bonds is 5. The molecule has 1 aliphatic heterocycles. The smallest absolute Gasteiger partial charge is 0.361 e. The standard InChI is InChI=1S/C18H24N4O2/c1-3-24-18(23)17-16(19-21-20-17)15-10-5-4-9-14(15)12-22-11-7-6-8-13(22)2/h4-5,9-10,13H,3,6-8,11-12H2,1-2H3,(H,19,20,21). The highest BCUT2D eigenvalue weighted by molar-refractivity contribution is 5.94. The van der Waals surface area contributed by atoms with Gasteiger partial charge >= 0.3 is 5.97 Å². The maximum Gasteiger partial charge on any atom is 0.361 e. The Balaban J connectivity index is 1.90. The van der Waals surface area contributed by atoms with Crippen molar-refractivity contribution in [2.24, 2.45) is 0 Å². The fourth-order valence-electron chi connectivity index (χ4n) is 3.26. The van der Waals surface area contributed by atoms with Crippen LogP contribution in [-0.4, -0.2) is 45.5 Å². The molecule has 1 aromatic carbocycles. The van der Waals surface area contributed by atoms with Crippen LogP contribution in [0, 0.1) is 0 Å². The van der Waals surface area contributed by atoms with E-state index in [2.05, 4.69) is 33.3 Å². The van der Waals surface area contributed by atoms with Crippen LogP contribution in [0.15, 0.2) is 24.3 Å². The molecule has 2 heterocycles. The third-order valence-electron chi connectivity index (χ3n) is 4.60. The zero-order valence-electron chi connectivity index (χ0n) is 14.3. The van der Waals surface area contributed by atoms with Crippen LogP contribution < -0.4 is 0 Å². The molecule has 0 saturated carbocycles. The Morgan fingerprint density at radius 3 is 2.96 bits per heavy atom. The van der Waals surface area contributed by atoms with Gasteiger partial charge in [-0.1, -0.05) is 30.7 Å². The van der Waals surface area contributed by atoms with E-state index in [1.165, 1.54) is 19.3 Å². The maximum atomic E-state index is 12.1. The number of nitrogens with one attached hydrogen (secondary N) is 1. The lowest BCUT2D eigenvalue weighted by Gasteiger charge is -2.33. The van der Waals surface area contributed by atoms with Gasteiger partial charge in [0.2, 0.25) is 0 Å². The third kappa shape index (κ3) is 3.48. The lowest BCUT2D eigenvalue weighted by atomic mass is 9.99. The summed E-state index contributed by atoms with van der Waals surface area (Å²) in [7, 11) is 0. The Morgan fingerprint density at radius 2 is 2.17 bits per heavy atom. The van der Waals surface area contributed by atoms with Gasteiger partial charge in [-0.2, -0.15) is 10.3 Å². The number of likely N-dealkylation sites (tertiary alicyclic amines) is 1. The number of ether oxygens (including phenoxy) is 1. The van der Waals surface area contributed by atoms with E-state index in [0.717, 1.165) is 24.2 Å². The normalized spacial score (nSPS) is 18.5. The van der Waals surface area contributed by atoms with Gasteiger partial charge in [0.05, 0.1) is 6.61 Å². The largest absolute Gasteiger partial charge is 0.461 e. The van der Waals surface area contributed by atoms with Crippen molar-refractivity contribution in [2.45, 2.75) is 45.7 Å². The molecule has 1 aliphatic rings. The van der Waals surface area contributed by atoms with E-state index in [1.807, 2.05) is 18.2 Å². The SMILES string of the molecule is CCOC(=O)c1n[nH]nc1-c1ccccc1CN1CCCCC1C. The summed E-state index contributed by atoms with van der Waals surface area (Å²) < 4.78 is 5.08. The highest BCUT2D eigenvalue weighted by Gasteiger charge is 2.23. The van der Waals surface area contributed by atoms with Gasteiger partial charge < -0.3 is 4.74 Å². The first kappa shape index (κ1) is 16.6. The lowest BCUT2D eigenvalue weighted by molar-refractivity contribution is 0.0520. The number of aromatic nitrogens is 3. The summed E-state index contributed by atoms with van der Waals surface area (Å²) >= 11 is 0. The molecule has 24 heavy (non-hydrogen) atoms. The predicted molar refractivity (Wildman–Crippen MR) is 91.5 cm³/mol. The number of carbonyl (C=O) groups is 1. The number of esters is 1. The predicted octanol–water partition coefficient (Wildman–Crippen LogP) is 3.02. The van der Waals surface area contributed by atoms with E-state index >= 15 is 0 Å². The molecule has 1 unspecified atom stereocenters. The molecular formula is C18H24N4O2. The molecule has 1 fully saturated rings. The van der Waals surface area contributed by atoms with Gasteiger partial charge in [-0.3, -0.25) is 4.90 Å². The zero-order chi connectivity index (χ0) is 16.9. The highest BCUT2D eigenvalue weighted by atomic mass is 16.5. The van der Waals surface area contributed by atoms with Crippen molar-refractivity contribution in [2.75, 3.05) is 13.2 Å². The van der Waals surface area contributed by atoms with Crippen molar-refractivity contribution in [3.8, 4) is 11.3 Å². The number of carbonyl (C=O) groups excluding carboxylic acids is 1. The second-order valence-corrected chi connectivity index (χ2v) is 6.21. The summed E-state index contributed by atoms with van der Waals surface area (Å²) in [5.74, 6) is -0.442. The average molecular weight is 328 g/mol. The summed E-state index contributed by atoms with van der Waals surface area (Å²) in [5.41, 5.74) is 2.91. The van der Waals surface area contributed by atoms with E-state index in [-0.39, 0.29) is 5.69 Å². The molecule has 1 aromatic heterocycles. The van der Waals surface area contributed by atoms with Crippen molar-refractivity contribution in [3.63, 3.8) is 0 Å². The Kier molecular flexibility index (Phi) is 5.25. The van der Waals surface area contributed by atoms with Crippen LogP contribution in [0.3, 0.4) is 0 Å². The van der Waals surface area contributed by atoms with Crippen LogP contribution in [-0.2, 0) is 11.3 Å². The minimum Gasteiger partial charge on any atom is -0.461 e. The van der Waals surface area contributed by atoms with Crippen LogP contribution in [0.5, 0.6) is 0 Å². The number of nitrogens with zero attached hydrogens (tertiary/aromatic N) is 3. The number of H-pyrrole nitrogens is 1. The number of benzene rings is 1. The molecule has 0 bridgehead atoms. The van der Waals surface area contributed by atoms with Crippen molar-refractivity contribution in [3.05, 3.63) is 35.5 Å². The quantitative estimate of drug-likeness (QED) is 0.854. The number of piperidine rings is 1. The molecule has 0 radical (unpaired) electrons. The van der Waals surface area contributed by atoms with Crippen molar-refractivity contribution >= 4 is 5.97 Å². The van der Waals surface area contributed by atoms with Gasteiger partial charge in [0.1, 0.15) is 5.69 Å². The minimum atomic E-state index is -0.442. The monoisotopic (exact) mass is 328 g/mol. The molecule has 3 rings (SSSR count). The second-order valence-electron chi connectivity index (χ2n) is 6.21. The van der Waals surface area contributed by atoms with Gasteiger partial charge in [0.25, 0.3) is 0 Å². The van der Waals surface area contributed by atoms with E-state index in [1.54, 1.807) is 6.92 Å². The first-order valence-electron chi connectivity index (χ1n) is 8.61. The van der Waals surface area contributed by atoms with Gasteiger partial charge in [-0.05, 0) is 38.8 Å². The molecule has 2 aromatic rings. The number of aromatic amines is 1. The van der Waals surface area contributed by atoms with E-state index in [4.69, 9.17) is 4.74 Å². The number of hydrogen-bond acceptors (Lipinski definition) is 5. The van der Waals surface area contributed by atoms with Gasteiger partial charge in [0.15, 0.2) is 5.69 Å². The van der Waals surface area contributed by atoms with Gasteiger partial charge in [0, 0.05) is 18.2 Å². The Morgan fingerprint density at radius 1 is 1.33 bits per heavy atom. The van der Waals surface area contributed by atoms with Crippen LogP contribution in [0.25, 0.3) is 11.3 Å². The molecular weight excluding hydrogens is 304 g/mol. The molecule has 0 aliphatic carbocycles. The van der Waals surface area contributed by atoms with E-state index < -0.39 is 5.97 Å². The first-order valence-corrected chi connectivity index (χ1v) is 8.61. The Labute approximate surface area is 142 Å². The number of hydrogen-bond donors (Lipinski definition) is 1. The minimum absolute atomic E-state index is 0.246. The highest BCUT2D eigenvalue weighted by Crippen LogP contribution is 2.27. The van der Waals surface area contributed by atoms with Gasteiger partial charge in [-0.25, -0.2) is 4.79 Å². The van der Waals surface area contributed by atoms with E-state index in [0.29, 0.717) is 18.3 Å².